The van der Waals surface area contributed by atoms with Gasteiger partial charge in [0, 0.05) is 58.2 Å². The van der Waals surface area contributed by atoms with Crippen molar-refractivity contribution < 1.29 is 27.8 Å². The lowest BCUT2D eigenvalue weighted by molar-refractivity contribution is -0.141. The van der Waals surface area contributed by atoms with Crippen molar-refractivity contribution in [3.05, 3.63) is 36.2 Å². The first-order valence-corrected chi connectivity index (χ1v) is 13.8. The molecule has 3 fully saturated rings. The minimum absolute atomic E-state index is 0.0313. The van der Waals surface area contributed by atoms with Crippen LogP contribution in [0.15, 0.2) is 30.3 Å². The van der Waals surface area contributed by atoms with E-state index in [-0.39, 0.29) is 36.5 Å². The Bertz CT molecular complexity index is 1400. The molecular formula is C27H32F2N8O4. The first kappa shape index (κ1) is 27.3. The normalized spacial score (nSPS) is 18.2. The number of carbonyl (C=O) groups excluding carboxylic acids is 2. The van der Waals surface area contributed by atoms with Crippen LogP contribution in [0.1, 0.15) is 25.1 Å². The summed E-state index contributed by atoms with van der Waals surface area (Å²) in [6.07, 6.45) is -2.47. The molecule has 3 aliphatic rings. The quantitative estimate of drug-likeness (QED) is 0.433. The van der Waals surface area contributed by atoms with E-state index < -0.39 is 12.2 Å². The Balaban J connectivity index is 1.17. The maximum absolute atomic E-state index is 14.1. The first-order valence-electron chi connectivity index (χ1n) is 13.8. The lowest BCUT2D eigenvalue weighted by Gasteiger charge is -2.40. The number of morpholine rings is 2. The summed E-state index contributed by atoms with van der Waals surface area (Å²) in [5, 5.41) is 3.35. The molecule has 2 aromatic heterocycles. The predicted molar refractivity (Wildman–Crippen MR) is 145 cm³/mol. The largest absolute Gasteiger partial charge is 0.378 e. The highest BCUT2D eigenvalue weighted by atomic mass is 19.3. The molecule has 0 spiro atoms. The Morgan fingerprint density at radius 3 is 2.27 bits per heavy atom. The van der Waals surface area contributed by atoms with Gasteiger partial charge >= 0.3 is 0 Å². The zero-order chi connectivity index (χ0) is 28.3. The molecule has 41 heavy (non-hydrogen) atoms. The number of fused-ring (bicyclic) bond motifs is 1. The number of rotatable bonds is 8. The molecule has 3 aromatic rings. The molecule has 0 atom stereocenters. The van der Waals surface area contributed by atoms with Crippen molar-refractivity contribution in [1.29, 1.82) is 0 Å². The average molecular weight is 571 g/mol. The summed E-state index contributed by atoms with van der Waals surface area (Å²) in [5.74, 6) is 0.650. The fraction of sp³-hybridized carbons (Fsp3) is 0.519. The monoisotopic (exact) mass is 570 g/mol. The molecule has 14 heteroatoms. The van der Waals surface area contributed by atoms with Crippen LogP contribution in [-0.4, -0.2) is 113 Å². The van der Waals surface area contributed by atoms with Crippen molar-refractivity contribution in [2.75, 3.05) is 75.9 Å². The second-order valence-electron chi connectivity index (χ2n) is 10.2. The third-order valence-electron chi connectivity index (χ3n) is 7.51. The van der Waals surface area contributed by atoms with Crippen LogP contribution in [0.25, 0.3) is 16.9 Å². The zero-order valence-corrected chi connectivity index (χ0v) is 22.5. The second-order valence-corrected chi connectivity index (χ2v) is 10.2. The highest BCUT2D eigenvalue weighted by Crippen LogP contribution is 2.29. The Hall–Kier alpha value is -3.91. The number of likely N-dealkylation sites (tertiary alicyclic amines) is 1. The van der Waals surface area contributed by atoms with Gasteiger partial charge < -0.3 is 29.5 Å². The minimum Gasteiger partial charge on any atom is -0.378 e. The van der Waals surface area contributed by atoms with E-state index >= 15 is 0 Å². The summed E-state index contributed by atoms with van der Waals surface area (Å²) in [6.45, 7) is 5.25. The van der Waals surface area contributed by atoms with Gasteiger partial charge in [0.15, 0.2) is 5.82 Å². The summed E-state index contributed by atoms with van der Waals surface area (Å²) in [4.78, 5) is 44.0. The summed E-state index contributed by atoms with van der Waals surface area (Å²) in [7, 11) is 0. The molecule has 2 amide bonds. The third kappa shape index (κ3) is 5.93. The van der Waals surface area contributed by atoms with Crippen LogP contribution < -0.4 is 10.2 Å². The number of para-hydroxylation sites is 2. The van der Waals surface area contributed by atoms with Crippen molar-refractivity contribution >= 4 is 34.6 Å². The summed E-state index contributed by atoms with van der Waals surface area (Å²) < 4.78 is 40.3. The molecule has 6 rings (SSSR count). The maximum Gasteiger partial charge on any atom is 0.296 e. The number of alkyl halides is 2. The van der Waals surface area contributed by atoms with Crippen LogP contribution in [0.3, 0.4) is 0 Å². The van der Waals surface area contributed by atoms with Crippen LogP contribution in [0.4, 0.5) is 20.5 Å². The molecule has 5 heterocycles. The van der Waals surface area contributed by atoms with E-state index in [0.29, 0.717) is 88.5 Å². The van der Waals surface area contributed by atoms with Gasteiger partial charge in [0.05, 0.1) is 43.5 Å². The fourth-order valence-corrected chi connectivity index (χ4v) is 5.27. The Morgan fingerprint density at radius 1 is 0.902 bits per heavy atom. The van der Waals surface area contributed by atoms with Gasteiger partial charge in [-0.15, -0.1) is 0 Å². The van der Waals surface area contributed by atoms with E-state index in [0.717, 1.165) is 0 Å². The Kier molecular flexibility index (Phi) is 7.92. The number of imidazole rings is 1. The van der Waals surface area contributed by atoms with Crippen molar-refractivity contribution in [3.63, 3.8) is 0 Å². The molecule has 0 bridgehead atoms. The number of anilines is 2. The zero-order valence-electron chi connectivity index (χ0n) is 22.5. The number of amides is 2. The van der Waals surface area contributed by atoms with Crippen molar-refractivity contribution in [2.45, 2.75) is 25.3 Å². The predicted octanol–water partition coefficient (Wildman–Crippen LogP) is 1.85. The fourth-order valence-electron chi connectivity index (χ4n) is 5.27. The molecule has 3 aliphatic heterocycles. The smallest absolute Gasteiger partial charge is 0.296 e. The first-order chi connectivity index (χ1) is 20.0. The number of nitrogens with zero attached hydrogens (tertiary/aromatic N) is 7. The summed E-state index contributed by atoms with van der Waals surface area (Å²) in [5.41, 5.74) is 0.969. The molecule has 0 radical (unpaired) electrons. The van der Waals surface area contributed by atoms with Crippen molar-refractivity contribution in [3.8, 4) is 5.82 Å². The van der Waals surface area contributed by atoms with E-state index in [1.165, 1.54) is 4.57 Å². The molecule has 0 unspecified atom stereocenters. The molecular weight excluding hydrogens is 538 g/mol. The van der Waals surface area contributed by atoms with Crippen molar-refractivity contribution in [2.24, 2.45) is 0 Å². The van der Waals surface area contributed by atoms with Gasteiger partial charge in [-0.05, 0) is 12.1 Å². The molecule has 12 nitrogen and oxygen atoms in total. The van der Waals surface area contributed by atoms with Crippen LogP contribution in [-0.2, 0) is 19.1 Å². The molecule has 0 saturated carbocycles. The topological polar surface area (TPSA) is 118 Å². The number of hydrogen-bond donors (Lipinski definition) is 1. The highest BCUT2D eigenvalue weighted by Gasteiger charge is 2.32. The Morgan fingerprint density at radius 2 is 1.56 bits per heavy atom. The number of carbonyl (C=O) groups is 2. The minimum atomic E-state index is -2.80. The molecule has 0 aliphatic carbocycles. The summed E-state index contributed by atoms with van der Waals surface area (Å²) >= 11 is 0. The van der Waals surface area contributed by atoms with Crippen LogP contribution in [0.5, 0.6) is 0 Å². The molecule has 1 aromatic carbocycles. The van der Waals surface area contributed by atoms with E-state index in [4.69, 9.17) is 9.47 Å². The van der Waals surface area contributed by atoms with Gasteiger partial charge in [-0.2, -0.15) is 9.97 Å². The van der Waals surface area contributed by atoms with Gasteiger partial charge in [-0.1, -0.05) is 12.1 Å². The van der Waals surface area contributed by atoms with E-state index in [1.807, 2.05) is 4.90 Å². The maximum atomic E-state index is 14.1. The van der Waals surface area contributed by atoms with Gasteiger partial charge in [0.2, 0.25) is 17.8 Å². The van der Waals surface area contributed by atoms with Gasteiger partial charge in [0.25, 0.3) is 6.43 Å². The lowest BCUT2D eigenvalue weighted by Crippen LogP contribution is -2.57. The summed E-state index contributed by atoms with van der Waals surface area (Å²) in [6, 6.07) is 8.50. The van der Waals surface area contributed by atoms with Gasteiger partial charge in [0.1, 0.15) is 11.6 Å². The lowest BCUT2D eigenvalue weighted by atomic mass is 10.1. The van der Waals surface area contributed by atoms with Crippen LogP contribution >= 0.6 is 0 Å². The highest BCUT2D eigenvalue weighted by molar-refractivity contribution is 5.84. The SMILES string of the molecule is O=C(CCC(=O)N1CC(Nc2cc(-n3c(C(F)F)nc4ccccc43)nc(N3CCOCC3)n2)C1)N1CCOCC1. The van der Waals surface area contributed by atoms with Gasteiger partial charge in [-0.25, -0.2) is 13.8 Å². The van der Waals surface area contributed by atoms with Crippen molar-refractivity contribution in [1.82, 2.24) is 29.3 Å². The van der Waals surface area contributed by atoms with Crippen LogP contribution in [0, 0.1) is 0 Å². The molecule has 1 N–H and O–H groups in total. The number of benzene rings is 1. The second kappa shape index (κ2) is 11.9. The number of nitrogens with one attached hydrogen (secondary N) is 1. The van der Waals surface area contributed by atoms with E-state index in [9.17, 15) is 18.4 Å². The number of hydrogen-bond acceptors (Lipinski definition) is 9. The standard InChI is InChI=1S/C27H32F2N8O4/c28-25(29)26-31-19-3-1-2-4-20(19)37(26)22-15-21(32-27(33-22)35-9-13-41-14-10-35)30-18-16-36(17-18)24(39)6-5-23(38)34-7-11-40-12-8-34/h1-4,15,18,25H,5-14,16-17H2,(H,30,32,33). The van der Waals surface area contributed by atoms with Crippen LogP contribution in [0.2, 0.25) is 0 Å². The van der Waals surface area contributed by atoms with E-state index in [2.05, 4.69) is 20.3 Å². The Labute approximate surface area is 235 Å². The average Bonchev–Trinajstić information content (AvgIpc) is 3.38. The number of aromatic nitrogens is 4. The number of ether oxygens (including phenoxy) is 2. The molecule has 3 saturated heterocycles. The third-order valence-corrected chi connectivity index (χ3v) is 7.51. The van der Waals surface area contributed by atoms with E-state index in [1.54, 1.807) is 40.1 Å². The number of halogens is 2. The van der Waals surface area contributed by atoms with Gasteiger partial charge in [-0.3, -0.25) is 14.2 Å². The molecule has 218 valence electrons.